The van der Waals surface area contributed by atoms with Crippen LogP contribution in [0.4, 0.5) is 0 Å². The summed E-state index contributed by atoms with van der Waals surface area (Å²) < 4.78 is 5.62. The number of hydrogen-bond donors (Lipinski definition) is 1. The monoisotopic (exact) mass is 272 g/mol. The van der Waals surface area contributed by atoms with Gasteiger partial charge in [-0.3, -0.25) is 4.79 Å². The van der Waals surface area contributed by atoms with Crippen LogP contribution in [0.1, 0.15) is 10.4 Å². The summed E-state index contributed by atoms with van der Waals surface area (Å²) in [5.74, 6) is 0.0178. The number of aromatic nitrogens is 1. The fourth-order valence-electron chi connectivity index (χ4n) is 1.80. The van der Waals surface area contributed by atoms with Gasteiger partial charge < -0.3 is 10.2 Å². The molecule has 1 heterocycles. The first-order valence-corrected chi connectivity index (χ1v) is 5.97. The molecule has 3 rings (SSSR count). The molecular formula is C14H9ClN2O2. The highest BCUT2D eigenvalue weighted by molar-refractivity contribution is 6.31. The number of fused-ring (bicyclic) bond motifs is 1. The van der Waals surface area contributed by atoms with Crippen molar-refractivity contribution in [3.8, 4) is 11.5 Å². The fraction of sp³-hybridized carbons (Fsp3) is 0. The Hall–Kier alpha value is -2.33. The standard InChI is InChI=1S/C14H9ClN2O2/c15-10-5-6-12-11(7-10)17-14(19-12)9-3-1-8(2-4-9)13(16)18/h1-7H,(H2,16,18). The SMILES string of the molecule is NC(=O)c1ccc(-c2nc3cc(Cl)ccc3o2)cc1. The number of carbonyl (C=O) groups is 1. The van der Waals surface area contributed by atoms with Gasteiger partial charge in [0.1, 0.15) is 5.52 Å². The third-order valence-corrected chi connectivity index (χ3v) is 3.00. The van der Waals surface area contributed by atoms with Crippen molar-refractivity contribution in [1.29, 1.82) is 0 Å². The lowest BCUT2D eigenvalue weighted by Gasteiger charge is -1.97. The highest BCUT2D eigenvalue weighted by atomic mass is 35.5. The van der Waals surface area contributed by atoms with Crippen molar-refractivity contribution >= 4 is 28.6 Å². The van der Waals surface area contributed by atoms with Gasteiger partial charge in [-0.05, 0) is 42.5 Å². The Bertz CT molecular complexity index is 763. The van der Waals surface area contributed by atoms with E-state index >= 15 is 0 Å². The normalized spacial score (nSPS) is 10.8. The molecule has 5 heteroatoms. The molecule has 3 aromatic rings. The zero-order chi connectivity index (χ0) is 13.4. The maximum atomic E-state index is 11.0. The van der Waals surface area contributed by atoms with E-state index in [-0.39, 0.29) is 0 Å². The largest absolute Gasteiger partial charge is 0.436 e. The first-order valence-electron chi connectivity index (χ1n) is 5.60. The molecule has 0 aliphatic rings. The molecule has 0 aliphatic carbocycles. The Morgan fingerprint density at radius 2 is 1.89 bits per heavy atom. The number of rotatable bonds is 2. The van der Waals surface area contributed by atoms with E-state index < -0.39 is 5.91 Å². The molecule has 0 fully saturated rings. The molecule has 0 unspecified atom stereocenters. The molecule has 0 radical (unpaired) electrons. The second-order valence-corrected chi connectivity index (χ2v) is 4.51. The molecule has 19 heavy (non-hydrogen) atoms. The maximum Gasteiger partial charge on any atom is 0.248 e. The highest BCUT2D eigenvalue weighted by Crippen LogP contribution is 2.26. The predicted octanol–water partition coefficient (Wildman–Crippen LogP) is 3.25. The fourth-order valence-corrected chi connectivity index (χ4v) is 1.97. The number of hydrogen-bond acceptors (Lipinski definition) is 3. The van der Waals surface area contributed by atoms with Crippen LogP contribution in [0.3, 0.4) is 0 Å². The molecular weight excluding hydrogens is 264 g/mol. The van der Waals surface area contributed by atoms with Gasteiger partial charge in [-0.15, -0.1) is 0 Å². The van der Waals surface area contributed by atoms with Gasteiger partial charge in [-0.2, -0.15) is 0 Å². The van der Waals surface area contributed by atoms with Gasteiger partial charge in [0.2, 0.25) is 11.8 Å². The number of primary amides is 1. The van der Waals surface area contributed by atoms with Crippen molar-refractivity contribution in [3.05, 3.63) is 53.1 Å². The van der Waals surface area contributed by atoms with Gasteiger partial charge in [-0.1, -0.05) is 11.6 Å². The summed E-state index contributed by atoms with van der Waals surface area (Å²) in [4.78, 5) is 15.3. The van der Waals surface area contributed by atoms with Gasteiger partial charge in [0.05, 0.1) is 0 Å². The minimum absolute atomic E-state index is 0.447. The van der Waals surface area contributed by atoms with Crippen molar-refractivity contribution in [3.63, 3.8) is 0 Å². The number of carbonyl (C=O) groups excluding carboxylic acids is 1. The van der Waals surface area contributed by atoms with E-state index in [9.17, 15) is 4.79 Å². The smallest absolute Gasteiger partial charge is 0.248 e. The van der Waals surface area contributed by atoms with E-state index in [0.29, 0.717) is 27.6 Å². The van der Waals surface area contributed by atoms with Crippen LogP contribution in [0.2, 0.25) is 5.02 Å². The average molecular weight is 273 g/mol. The summed E-state index contributed by atoms with van der Waals surface area (Å²) >= 11 is 5.90. The molecule has 1 aromatic heterocycles. The van der Waals surface area contributed by atoms with E-state index in [0.717, 1.165) is 5.56 Å². The summed E-state index contributed by atoms with van der Waals surface area (Å²) in [5, 5.41) is 0.608. The van der Waals surface area contributed by atoms with Crippen molar-refractivity contribution in [2.45, 2.75) is 0 Å². The van der Waals surface area contributed by atoms with Crippen molar-refractivity contribution < 1.29 is 9.21 Å². The van der Waals surface area contributed by atoms with Crippen LogP contribution < -0.4 is 5.73 Å². The van der Waals surface area contributed by atoms with Crippen molar-refractivity contribution in [2.75, 3.05) is 0 Å². The van der Waals surface area contributed by atoms with E-state index in [2.05, 4.69) is 4.98 Å². The third kappa shape index (κ3) is 2.18. The van der Waals surface area contributed by atoms with E-state index in [4.69, 9.17) is 21.8 Å². The molecule has 4 nitrogen and oxygen atoms in total. The Morgan fingerprint density at radius 1 is 1.16 bits per heavy atom. The Labute approximate surface area is 113 Å². The van der Waals surface area contributed by atoms with Gasteiger partial charge in [0.25, 0.3) is 0 Å². The summed E-state index contributed by atoms with van der Waals surface area (Å²) in [7, 11) is 0. The highest BCUT2D eigenvalue weighted by Gasteiger charge is 2.09. The molecule has 0 spiro atoms. The molecule has 0 bridgehead atoms. The predicted molar refractivity (Wildman–Crippen MR) is 73.0 cm³/mol. The molecule has 2 aromatic carbocycles. The number of halogens is 1. The quantitative estimate of drug-likeness (QED) is 0.778. The lowest BCUT2D eigenvalue weighted by molar-refractivity contribution is 0.100. The number of nitrogens with two attached hydrogens (primary N) is 1. The van der Waals surface area contributed by atoms with Crippen molar-refractivity contribution in [2.24, 2.45) is 5.73 Å². The Kier molecular flexibility index (Phi) is 2.72. The third-order valence-electron chi connectivity index (χ3n) is 2.77. The molecule has 0 atom stereocenters. The lowest BCUT2D eigenvalue weighted by atomic mass is 10.1. The molecule has 2 N–H and O–H groups in total. The number of benzene rings is 2. The van der Waals surface area contributed by atoms with E-state index in [1.54, 1.807) is 42.5 Å². The molecule has 0 aliphatic heterocycles. The molecule has 94 valence electrons. The summed E-state index contributed by atoms with van der Waals surface area (Å²) in [6.45, 7) is 0. The van der Waals surface area contributed by atoms with Crippen LogP contribution in [0.15, 0.2) is 46.9 Å². The second kappa shape index (κ2) is 4.40. The molecule has 1 amide bonds. The molecule has 0 saturated heterocycles. The number of amides is 1. The van der Waals surface area contributed by atoms with Gasteiger partial charge >= 0.3 is 0 Å². The lowest BCUT2D eigenvalue weighted by Crippen LogP contribution is -2.10. The van der Waals surface area contributed by atoms with Gasteiger partial charge in [-0.25, -0.2) is 4.98 Å². The minimum atomic E-state index is -0.462. The second-order valence-electron chi connectivity index (χ2n) is 4.07. The van der Waals surface area contributed by atoms with Crippen LogP contribution >= 0.6 is 11.6 Å². The summed E-state index contributed by atoms with van der Waals surface area (Å²) in [6, 6.07) is 12.0. The van der Waals surface area contributed by atoms with Crippen LogP contribution in [0, 0.1) is 0 Å². The number of nitrogens with zero attached hydrogens (tertiary/aromatic N) is 1. The zero-order valence-electron chi connectivity index (χ0n) is 9.76. The Morgan fingerprint density at radius 3 is 2.58 bits per heavy atom. The average Bonchev–Trinajstić information content (AvgIpc) is 2.81. The van der Waals surface area contributed by atoms with Crippen LogP contribution in [-0.2, 0) is 0 Å². The topological polar surface area (TPSA) is 69.1 Å². The van der Waals surface area contributed by atoms with Crippen LogP contribution in [0.5, 0.6) is 0 Å². The first kappa shape index (κ1) is 11.7. The van der Waals surface area contributed by atoms with Gasteiger partial charge in [0.15, 0.2) is 5.58 Å². The minimum Gasteiger partial charge on any atom is -0.436 e. The van der Waals surface area contributed by atoms with Crippen LogP contribution in [-0.4, -0.2) is 10.9 Å². The maximum absolute atomic E-state index is 11.0. The zero-order valence-corrected chi connectivity index (χ0v) is 10.5. The van der Waals surface area contributed by atoms with Gasteiger partial charge in [0, 0.05) is 16.1 Å². The van der Waals surface area contributed by atoms with Crippen LogP contribution in [0.25, 0.3) is 22.6 Å². The van der Waals surface area contributed by atoms with E-state index in [1.807, 2.05) is 0 Å². The summed E-state index contributed by atoms with van der Waals surface area (Å²) in [6.07, 6.45) is 0. The van der Waals surface area contributed by atoms with E-state index in [1.165, 1.54) is 0 Å². The first-order chi connectivity index (χ1) is 9.13. The Balaban J connectivity index is 2.06. The van der Waals surface area contributed by atoms with Crippen molar-refractivity contribution in [1.82, 2.24) is 4.98 Å². The number of oxazole rings is 1. The summed E-state index contributed by atoms with van der Waals surface area (Å²) in [5.41, 5.74) is 7.77. The molecule has 0 saturated carbocycles.